The van der Waals surface area contributed by atoms with Crippen molar-refractivity contribution in [1.29, 1.82) is 5.41 Å². The quantitative estimate of drug-likeness (QED) is 0.335. The van der Waals surface area contributed by atoms with E-state index in [2.05, 4.69) is 10.6 Å². The number of carbonyl (C=O) groups is 1. The molecule has 180 valence electrons. The van der Waals surface area contributed by atoms with Crippen molar-refractivity contribution in [2.45, 2.75) is 44.2 Å². The van der Waals surface area contributed by atoms with Gasteiger partial charge in [0.25, 0.3) is 0 Å². The molecule has 3 aliphatic rings. The zero-order valence-electron chi connectivity index (χ0n) is 18.9. The molecule has 5 N–H and O–H groups in total. The number of piperidine rings is 1. The van der Waals surface area contributed by atoms with Gasteiger partial charge in [-0.25, -0.2) is 0 Å². The number of ketones is 1. The Morgan fingerprint density at radius 3 is 2.71 bits per heavy atom. The lowest BCUT2D eigenvalue weighted by Gasteiger charge is -2.50. The predicted octanol–water partition coefficient (Wildman–Crippen LogP) is 3.48. The molecule has 2 fully saturated rings. The number of fused-ring (bicyclic) bond motifs is 2. The lowest BCUT2D eigenvalue weighted by molar-refractivity contribution is -0.222. The first-order valence-electron chi connectivity index (χ1n) is 11.4. The topological polar surface area (TPSA) is 124 Å². The molecule has 2 unspecified atom stereocenters. The number of aliphatic hydroxyl groups is 1. The maximum Gasteiger partial charge on any atom is 0.357 e. The van der Waals surface area contributed by atoms with Crippen LogP contribution in [0.4, 0.5) is 15.8 Å². The smallest absolute Gasteiger partial charge is 0.357 e. The van der Waals surface area contributed by atoms with E-state index in [0.29, 0.717) is 26.1 Å². The van der Waals surface area contributed by atoms with Gasteiger partial charge in [0, 0.05) is 44.7 Å². The molecule has 3 atom stereocenters. The normalized spacial score (nSPS) is 26.3. The Balaban J connectivity index is 1.36. The molecule has 0 saturated carbocycles. The molecule has 2 aliphatic heterocycles. The SMILES string of the molecule is CC(O)(F)Oc1ccc(O)c(Nc2cccc3c2C[C@]32CC(=O)C(C3CCOCC3)C(=N)N2)c1. The van der Waals surface area contributed by atoms with Gasteiger partial charge in [0.1, 0.15) is 23.1 Å². The van der Waals surface area contributed by atoms with Crippen LogP contribution in [-0.2, 0) is 21.5 Å². The summed E-state index contributed by atoms with van der Waals surface area (Å²) in [5.74, 6) is 0.116. The number of nitrogens with one attached hydrogen (secondary N) is 3. The molecule has 0 radical (unpaired) electrons. The van der Waals surface area contributed by atoms with Crippen molar-refractivity contribution in [3.05, 3.63) is 47.5 Å². The highest BCUT2D eigenvalue weighted by molar-refractivity contribution is 6.06. The van der Waals surface area contributed by atoms with Crippen molar-refractivity contribution in [2.24, 2.45) is 11.8 Å². The molecular formula is C25H28FN3O5. The fraction of sp³-hybridized carbons (Fsp3) is 0.440. The Hall–Kier alpha value is -3.17. The minimum Gasteiger partial charge on any atom is -0.506 e. The number of phenolic OH excluding ortho intramolecular Hbond substituents is 1. The highest BCUT2D eigenvalue weighted by Crippen LogP contribution is 2.49. The van der Waals surface area contributed by atoms with E-state index < -0.39 is 17.5 Å². The monoisotopic (exact) mass is 469 g/mol. The maximum absolute atomic E-state index is 13.5. The first kappa shape index (κ1) is 22.6. The third kappa shape index (κ3) is 4.10. The largest absolute Gasteiger partial charge is 0.506 e. The number of ether oxygens (including phenoxy) is 2. The number of alkyl halides is 1. The van der Waals surface area contributed by atoms with Crippen LogP contribution in [0.1, 0.15) is 37.3 Å². The summed E-state index contributed by atoms with van der Waals surface area (Å²) in [4.78, 5) is 13.2. The molecule has 2 aromatic rings. The first-order valence-corrected chi connectivity index (χ1v) is 11.4. The molecule has 9 heteroatoms. The molecule has 1 spiro atoms. The summed E-state index contributed by atoms with van der Waals surface area (Å²) < 4.78 is 23.7. The van der Waals surface area contributed by atoms with Gasteiger partial charge in [-0.3, -0.25) is 10.2 Å². The average molecular weight is 470 g/mol. The molecule has 2 aromatic carbocycles. The zero-order chi connectivity index (χ0) is 24.1. The van der Waals surface area contributed by atoms with Crippen LogP contribution in [0, 0.1) is 17.2 Å². The second-order valence-corrected chi connectivity index (χ2v) is 9.48. The Morgan fingerprint density at radius 1 is 1.24 bits per heavy atom. The number of hydrogen-bond donors (Lipinski definition) is 5. The lowest BCUT2D eigenvalue weighted by atomic mass is 9.63. The van der Waals surface area contributed by atoms with Crippen LogP contribution in [-0.4, -0.2) is 41.1 Å². The molecule has 0 amide bonds. The molecule has 2 saturated heterocycles. The summed E-state index contributed by atoms with van der Waals surface area (Å²) in [6.45, 7) is 2.13. The van der Waals surface area contributed by atoms with Crippen molar-refractivity contribution in [3.63, 3.8) is 0 Å². The van der Waals surface area contributed by atoms with E-state index in [0.717, 1.165) is 36.6 Å². The molecule has 0 aromatic heterocycles. The Bertz CT molecular complexity index is 1120. The van der Waals surface area contributed by atoms with Gasteiger partial charge in [-0.05, 0) is 48.1 Å². The molecular weight excluding hydrogens is 441 g/mol. The van der Waals surface area contributed by atoms with E-state index in [4.69, 9.17) is 14.9 Å². The van der Waals surface area contributed by atoms with Crippen molar-refractivity contribution in [3.8, 4) is 11.5 Å². The highest BCUT2D eigenvalue weighted by atomic mass is 19.2. The predicted molar refractivity (Wildman–Crippen MR) is 123 cm³/mol. The van der Waals surface area contributed by atoms with Crippen LogP contribution in [0.2, 0.25) is 0 Å². The second kappa shape index (κ2) is 8.25. The van der Waals surface area contributed by atoms with E-state index in [1.807, 2.05) is 18.2 Å². The van der Waals surface area contributed by atoms with E-state index in [1.165, 1.54) is 18.2 Å². The van der Waals surface area contributed by atoms with Crippen LogP contribution in [0.5, 0.6) is 11.5 Å². The number of amidine groups is 1. The number of anilines is 2. The van der Waals surface area contributed by atoms with E-state index in [-0.39, 0.29) is 34.7 Å². The summed E-state index contributed by atoms with van der Waals surface area (Å²) in [5, 5.41) is 34.7. The standard InChI is InChI=1S/C25H28FN3O5/c1-24(26,32)34-15-5-6-20(30)19(11-15)28-18-4-2-3-17-16(18)12-25(17)13-21(31)22(23(27)29-25)14-7-9-33-10-8-14/h2-6,11,14,22,28,30,32H,7-10,12-13H2,1H3,(H2,27,29)/t22?,24?,25-/m0/s1. The molecule has 0 bridgehead atoms. The Labute approximate surface area is 196 Å². The number of hydrogen-bond acceptors (Lipinski definition) is 7. The van der Waals surface area contributed by atoms with Crippen LogP contribution < -0.4 is 15.4 Å². The third-order valence-corrected chi connectivity index (χ3v) is 6.96. The fourth-order valence-electron chi connectivity index (χ4n) is 5.44. The number of benzene rings is 2. The van der Waals surface area contributed by atoms with Gasteiger partial charge in [0.05, 0.1) is 17.1 Å². The van der Waals surface area contributed by atoms with Gasteiger partial charge in [0.2, 0.25) is 0 Å². The van der Waals surface area contributed by atoms with E-state index in [9.17, 15) is 19.4 Å². The molecule has 2 heterocycles. The first-order chi connectivity index (χ1) is 16.2. The third-order valence-electron chi connectivity index (χ3n) is 6.96. The molecule has 34 heavy (non-hydrogen) atoms. The minimum absolute atomic E-state index is 0.0474. The van der Waals surface area contributed by atoms with E-state index >= 15 is 0 Å². The molecule has 1 aliphatic carbocycles. The number of rotatable bonds is 5. The number of aromatic hydroxyl groups is 1. The Kier molecular flexibility index (Phi) is 5.49. The van der Waals surface area contributed by atoms with Crippen LogP contribution >= 0.6 is 0 Å². The van der Waals surface area contributed by atoms with Gasteiger partial charge in [-0.2, -0.15) is 4.39 Å². The van der Waals surface area contributed by atoms with E-state index in [1.54, 1.807) is 0 Å². The summed E-state index contributed by atoms with van der Waals surface area (Å²) in [6, 6.07) is 6.91. The summed E-state index contributed by atoms with van der Waals surface area (Å²) in [7, 11) is 0. The van der Waals surface area contributed by atoms with Crippen molar-refractivity contribution < 1.29 is 28.9 Å². The molecule has 5 rings (SSSR count). The molecule has 8 nitrogen and oxygen atoms in total. The van der Waals surface area contributed by atoms with Crippen molar-refractivity contribution in [2.75, 3.05) is 18.5 Å². The maximum atomic E-state index is 13.5. The summed E-state index contributed by atoms with van der Waals surface area (Å²) >= 11 is 0. The number of halogens is 1. The van der Waals surface area contributed by atoms with Gasteiger partial charge in [-0.15, -0.1) is 0 Å². The lowest BCUT2D eigenvalue weighted by Crippen LogP contribution is -2.62. The summed E-state index contributed by atoms with van der Waals surface area (Å²) in [6.07, 6.45) is 2.47. The van der Waals surface area contributed by atoms with Crippen LogP contribution in [0.15, 0.2) is 36.4 Å². The fourth-order valence-corrected chi connectivity index (χ4v) is 5.44. The average Bonchev–Trinajstić information content (AvgIpc) is 2.76. The minimum atomic E-state index is -2.84. The van der Waals surface area contributed by atoms with Crippen LogP contribution in [0.3, 0.4) is 0 Å². The second-order valence-electron chi connectivity index (χ2n) is 9.48. The van der Waals surface area contributed by atoms with Gasteiger partial charge in [-0.1, -0.05) is 12.1 Å². The number of carbonyl (C=O) groups excluding carboxylic acids is 1. The highest BCUT2D eigenvalue weighted by Gasteiger charge is 2.52. The van der Waals surface area contributed by atoms with Crippen molar-refractivity contribution in [1.82, 2.24) is 5.32 Å². The van der Waals surface area contributed by atoms with Crippen molar-refractivity contribution >= 4 is 23.0 Å². The Morgan fingerprint density at radius 2 is 2.00 bits per heavy atom. The zero-order valence-corrected chi connectivity index (χ0v) is 18.9. The van der Waals surface area contributed by atoms with Gasteiger partial charge < -0.3 is 30.3 Å². The van der Waals surface area contributed by atoms with Crippen LogP contribution in [0.25, 0.3) is 0 Å². The van der Waals surface area contributed by atoms with Gasteiger partial charge in [0.15, 0.2) is 0 Å². The number of phenols is 1. The number of Topliss-reactive ketones (excluding diaryl/α,β-unsaturated/α-hetero) is 1. The summed E-state index contributed by atoms with van der Waals surface area (Å²) in [5.41, 5.74) is 2.34. The van der Waals surface area contributed by atoms with Gasteiger partial charge >= 0.3 is 6.04 Å².